The van der Waals surface area contributed by atoms with E-state index in [1.165, 1.54) is 4.88 Å². The van der Waals surface area contributed by atoms with Crippen LogP contribution in [0.2, 0.25) is 0 Å². The number of carbonyl (C=O) groups excluding carboxylic acids is 1. The van der Waals surface area contributed by atoms with Crippen LogP contribution in [-0.4, -0.2) is 12.5 Å². The zero-order chi connectivity index (χ0) is 10.6. The van der Waals surface area contributed by atoms with Crippen molar-refractivity contribution in [1.29, 1.82) is 0 Å². The molecule has 0 radical (unpaired) electrons. The Morgan fingerprint density at radius 2 is 2.27 bits per heavy atom. The van der Waals surface area contributed by atoms with Gasteiger partial charge in [-0.1, -0.05) is 13.0 Å². The van der Waals surface area contributed by atoms with Crippen LogP contribution in [0.4, 0.5) is 0 Å². The molecule has 86 valence electrons. The zero-order valence-electron chi connectivity index (χ0n) is 8.90. The Bertz CT molecular complexity index is 290. The zero-order valence-corrected chi connectivity index (χ0v) is 10.5. The molecule has 0 fully saturated rings. The third-order valence-corrected chi connectivity index (χ3v) is 3.18. The molecule has 1 amide bonds. The van der Waals surface area contributed by atoms with Gasteiger partial charge in [0.15, 0.2) is 0 Å². The lowest BCUT2D eigenvalue weighted by Crippen LogP contribution is -2.34. The second kappa shape index (κ2) is 6.82. The van der Waals surface area contributed by atoms with E-state index < -0.39 is 0 Å². The van der Waals surface area contributed by atoms with Gasteiger partial charge in [-0.05, 0) is 18.4 Å². The van der Waals surface area contributed by atoms with E-state index >= 15 is 0 Å². The highest BCUT2D eigenvalue weighted by Crippen LogP contribution is 2.18. The average molecular weight is 249 g/mol. The SMILES string of the molecule is CC(CN)C(=O)NC(C)c1cccs1.Cl. The quantitative estimate of drug-likeness (QED) is 0.856. The number of nitrogens with one attached hydrogen (secondary N) is 1. The fraction of sp³-hybridized carbons (Fsp3) is 0.500. The van der Waals surface area contributed by atoms with Crippen molar-refractivity contribution in [3.63, 3.8) is 0 Å². The maximum Gasteiger partial charge on any atom is 0.224 e. The number of rotatable bonds is 4. The summed E-state index contributed by atoms with van der Waals surface area (Å²) < 4.78 is 0. The summed E-state index contributed by atoms with van der Waals surface area (Å²) in [4.78, 5) is 12.7. The number of carbonyl (C=O) groups is 1. The van der Waals surface area contributed by atoms with E-state index in [2.05, 4.69) is 5.32 Å². The van der Waals surface area contributed by atoms with Crippen LogP contribution in [0.3, 0.4) is 0 Å². The molecule has 1 aromatic rings. The molecule has 0 bridgehead atoms. The van der Waals surface area contributed by atoms with Crippen LogP contribution in [0.15, 0.2) is 17.5 Å². The van der Waals surface area contributed by atoms with E-state index in [1.54, 1.807) is 11.3 Å². The maximum absolute atomic E-state index is 11.5. The van der Waals surface area contributed by atoms with Gasteiger partial charge in [-0.2, -0.15) is 0 Å². The molecule has 0 saturated carbocycles. The summed E-state index contributed by atoms with van der Waals surface area (Å²) in [6.45, 7) is 4.20. The van der Waals surface area contributed by atoms with Crippen LogP contribution < -0.4 is 11.1 Å². The van der Waals surface area contributed by atoms with Gasteiger partial charge in [-0.15, -0.1) is 23.7 Å². The molecular formula is C10H17ClN2OS. The van der Waals surface area contributed by atoms with E-state index in [-0.39, 0.29) is 30.3 Å². The predicted molar refractivity (Wildman–Crippen MR) is 66.3 cm³/mol. The van der Waals surface area contributed by atoms with Gasteiger partial charge in [0.25, 0.3) is 0 Å². The molecule has 0 aliphatic rings. The molecular weight excluding hydrogens is 232 g/mol. The summed E-state index contributed by atoms with van der Waals surface area (Å²) in [5.41, 5.74) is 5.41. The summed E-state index contributed by atoms with van der Waals surface area (Å²) in [7, 11) is 0. The Balaban J connectivity index is 0.00000196. The van der Waals surface area contributed by atoms with E-state index in [1.807, 2.05) is 31.4 Å². The minimum atomic E-state index is -0.114. The van der Waals surface area contributed by atoms with Crippen molar-refractivity contribution >= 4 is 29.7 Å². The molecule has 1 rings (SSSR count). The van der Waals surface area contributed by atoms with Gasteiger partial charge >= 0.3 is 0 Å². The lowest BCUT2D eigenvalue weighted by molar-refractivity contribution is -0.124. The number of hydrogen-bond donors (Lipinski definition) is 2. The molecule has 2 atom stereocenters. The first kappa shape index (κ1) is 14.4. The van der Waals surface area contributed by atoms with Gasteiger partial charge in [0, 0.05) is 17.3 Å². The van der Waals surface area contributed by atoms with Crippen molar-refractivity contribution < 1.29 is 4.79 Å². The number of thiophene rings is 1. The fourth-order valence-corrected chi connectivity index (χ4v) is 1.81. The van der Waals surface area contributed by atoms with Gasteiger partial charge in [0.1, 0.15) is 0 Å². The second-order valence-corrected chi connectivity index (χ2v) is 4.36. The van der Waals surface area contributed by atoms with Crippen molar-refractivity contribution in [3.05, 3.63) is 22.4 Å². The second-order valence-electron chi connectivity index (χ2n) is 3.38. The summed E-state index contributed by atoms with van der Waals surface area (Å²) in [5.74, 6) is -0.0918. The van der Waals surface area contributed by atoms with Gasteiger partial charge in [0.05, 0.1) is 6.04 Å². The monoisotopic (exact) mass is 248 g/mol. The summed E-state index contributed by atoms with van der Waals surface area (Å²) >= 11 is 1.65. The van der Waals surface area contributed by atoms with Crippen molar-refractivity contribution in [2.75, 3.05) is 6.54 Å². The Kier molecular flexibility index (Phi) is 6.56. The first-order valence-electron chi connectivity index (χ1n) is 4.69. The van der Waals surface area contributed by atoms with E-state index in [9.17, 15) is 4.79 Å². The highest BCUT2D eigenvalue weighted by Gasteiger charge is 2.14. The lowest BCUT2D eigenvalue weighted by atomic mass is 10.1. The van der Waals surface area contributed by atoms with Gasteiger partial charge in [-0.25, -0.2) is 0 Å². The van der Waals surface area contributed by atoms with Crippen molar-refractivity contribution in [2.45, 2.75) is 19.9 Å². The minimum absolute atomic E-state index is 0. The van der Waals surface area contributed by atoms with Crippen LogP contribution in [0.1, 0.15) is 24.8 Å². The van der Waals surface area contributed by atoms with Crippen LogP contribution >= 0.6 is 23.7 Å². The molecule has 0 aromatic carbocycles. The number of halogens is 1. The smallest absolute Gasteiger partial charge is 0.224 e. The summed E-state index contributed by atoms with van der Waals surface area (Å²) in [6.07, 6.45) is 0. The molecule has 15 heavy (non-hydrogen) atoms. The van der Waals surface area contributed by atoms with Crippen LogP contribution in [-0.2, 0) is 4.79 Å². The number of amides is 1. The Morgan fingerprint density at radius 1 is 1.60 bits per heavy atom. The molecule has 0 saturated heterocycles. The van der Waals surface area contributed by atoms with Crippen molar-refractivity contribution in [1.82, 2.24) is 5.32 Å². The molecule has 3 N–H and O–H groups in total. The Morgan fingerprint density at radius 3 is 2.73 bits per heavy atom. The molecule has 1 aromatic heterocycles. The molecule has 0 spiro atoms. The van der Waals surface area contributed by atoms with Crippen LogP contribution in [0.5, 0.6) is 0 Å². The first-order chi connectivity index (χ1) is 6.65. The predicted octanol–water partition coefficient (Wildman–Crippen LogP) is 1.94. The van der Waals surface area contributed by atoms with E-state index in [0.29, 0.717) is 6.54 Å². The van der Waals surface area contributed by atoms with Gasteiger partial charge < -0.3 is 11.1 Å². The Labute approximate surface area is 100 Å². The Hall–Kier alpha value is -0.580. The molecule has 5 heteroatoms. The normalized spacial score (nSPS) is 13.8. The third-order valence-electron chi connectivity index (χ3n) is 2.13. The topological polar surface area (TPSA) is 55.1 Å². The minimum Gasteiger partial charge on any atom is -0.348 e. The average Bonchev–Trinajstić information content (AvgIpc) is 2.69. The highest BCUT2D eigenvalue weighted by atomic mass is 35.5. The molecule has 3 nitrogen and oxygen atoms in total. The largest absolute Gasteiger partial charge is 0.348 e. The standard InChI is InChI=1S/C10H16N2OS.ClH/c1-7(6-11)10(13)12-8(2)9-4-3-5-14-9;/h3-5,7-8H,6,11H2,1-2H3,(H,12,13);1H. The number of nitrogens with two attached hydrogens (primary N) is 1. The molecule has 2 unspecified atom stereocenters. The third kappa shape index (κ3) is 4.20. The van der Waals surface area contributed by atoms with Crippen molar-refractivity contribution in [3.8, 4) is 0 Å². The highest BCUT2D eigenvalue weighted by molar-refractivity contribution is 7.10. The van der Waals surface area contributed by atoms with Gasteiger partial charge in [-0.3, -0.25) is 4.79 Å². The molecule has 0 aliphatic carbocycles. The summed E-state index contributed by atoms with van der Waals surface area (Å²) in [5, 5.41) is 4.93. The summed E-state index contributed by atoms with van der Waals surface area (Å²) in [6, 6.07) is 4.08. The van der Waals surface area contributed by atoms with E-state index in [4.69, 9.17) is 5.73 Å². The van der Waals surface area contributed by atoms with Crippen LogP contribution in [0, 0.1) is 5.92 Å². The van der Waals surface area contributed by atoms with Crippen molar-refractivity contribution in [2.24, 2.45) is 11.7 Å². The molecule has 1 heterocycles. The van der Waals surface area contributed by atoms with Gasteiger partial charge in [0.2, 0.25) is 5.91 Å². The lowest BCUT2D eigenvalue weighted by Gasteiger charge is -2.15. The number of hydrogen-bond acceptors (Lipinski definition) is 3. The van der Waals surface area contributed by atoms with Crippen LogP contribution in [0.25, 0.3) is 0 Å². The maximum atomic E-state index is 11.5. The molecule has 0 aliphatic heterocycles. The van der Waals surface area contributed by atoms with E-state index in [0.717, 1.165) is 0 Å². The first-order valence-corrected chi connectivity index (χ1v) is 5.57. The fourth-order valence-electron chi connectivity index (χ4n) is 1.07.